The van der Waals surface area contributed by atoms with Gasteiger partial charge in [-0.2, -0.15) is 0 Å². The maximum absolute atomic E-state index is 11.2. The third-order valence-corrected chi connectivity index (χ3v) is 5.03. The molecule has 2 aromatic carbocycles. The number of carboxylic acid groups (broad SMARTS) is 1. The second kappa shape index (κ2) is 6.82. The Hall–Kier alpha value is -2.43. The average molecular weight is 335 g/mol. The van der Waals surface area contributed by atoms with Gasteiger partial charge in [0.1, 0.15) is 0 Å². The van der Waals surface area contributed by atoms with Crippen molar-refractivity contribution in [3.63, 3.8) is 0 Å². The van der Waals surface area contributed by atoms with E-state index < -0.39 is 5.97 Å². The van der Waals surface area contributed by atoms with Gasteiger partial charge in [-0.3, -0.25) is 4.90 Å². The van der Waals surface area contributed by atoms with Crippen molar-refractivity contribution in [3.05, 3.63) is 77.4 Å². The molecule has 4 nitrogen and oxygen atoms in total. The van der Waals surface area contributed by atoms with Crippen LogP contribution in [0.15, 0.2) is 60.7 Å². The lowest BCUT2D eigenvalue weighted by Gasteiger charge is -2.45. The second-order valence-corrected chi connectivity index (χ2v) is 6.70. The van der Waals surface area contributed by atoms with Gasteiger partial charge in [0.2, 0.25) is 0 Å². The molecule has 0 amide bonds. The van der Waals surface area contributed by atoms with Gasteiger partial charge < -0.3 is 9.84 Å². The van der Waals surface area contributed by atoms with Gasteiger partial charge in [0.25, 0.3) is 0 Å². The average Bonchev–Trinajstić information content (AvgIpc) is 2.62. The van der Waals surface area contributed by atoms with E-state index >= 15 is 0 Å². The SMILES string of the molecule is O=C(O)c1cccc(C2=CC3COCC(C2)N3Cc2ccccc2)c1. The van der Waals surface area contributed by atoms with Crippen molar-refractivity contribution in [1.82, 2.24) is 4.90 Å². The highest BCUT2D eigenvalue weighted by atomic mass is 16.5. The van der Waals surface area contributed by atoms with Gasteiger partial charge in [0.15, 0.2) is 0 Å². The van der Waals surface area contributed by atoms with Crippen molar-refractivity contribution >= 4 is 11.5 Å². The third-order valence-electron chi connectivity index (χ3n) is 5.03. The fourth-order valence-corrected chi connectivity index (χ4v) is 3.77. The first-order chi connectivity index (χ1) is 12.2. The molecule has 25 heavy (non-hydrogen) atoms. The number of nitrogens with zero attached hydrogens (tertiary/aromatic N) is 1. The highest BCUT2D eigenvalue weighted by molar-refractivity contribution is 5.89. The van der Waals surface area contributed by atoms with Crippen LogP contribution in [0.2, 0.25) is 0 Å². The number of hydrogen-bond acceptors (Lipinski definition) is 3. The predicted molar refractivity (Wildman–Crippen MR) is 96.4 cm³/mol. The first-order valence-electron chi connectivity index (χ1n) is 8.62. The van der Waals surface area contributed by atoms with E-state index in [0.29, 0.717) is 18.2 Å². The molecule has 0 radical (unpaired) electrons. The Morgan fingerprint density at radius 3 is 2.72 bits per heavy atom. The molecular formula is C21H21NO3. The Balaban J connectivity index is 1.61. The van der Waals surface area contributed by atoms with Crippen LogP contribution in [0.4, 0.5) is 0 Å². The molecule has 2 aromatic rings. The van der Waals surface area contributed by atoms with Gasteiger partial charge in [-0.1, -0.05) is 48.5 Å². The second-order valence-electron chi connectivity index (χ2n) is 6.70. The fraction of sp³-hybridized carbons (Fsp3) is 0.286. The van der Waals surface area contributed by atoms with Crippen molar-refractivity contribution in [2.75, 3.05) is 13.2 Å². The van der Waals surface area contributed by atoms with Gasteiger partial charge in [-0.05, 0) is 35.3 Å². The molecule has 128 valence electrons. The van der Waals surface area contributed by atoms with E-state index in [1.807, 2.05) is 18.2 Å². The van der Waals surface area contributed by atoms with Crippen LogP contribution in [-0.4, -0.2) is 41.3 Å². The maximum Gasteiger partial charge on any atom is 0.335 e. The minimum Gasteiger partial charge on any atom is -0.478 e. The van der Waals surface area contributed by atoms with Crippen LogP contribution in [0.5, 0.6) is 0 Å². The Kier molecular flexibility index (Phi) is 4.38. The van der Waals surface area contributed by atoms with Crippen LogP contribution in [0.3, 0.4) is 0 Å². The van der Waals surface area contributed by atoms with Crippen LogP contribution in [0.1, 0.15) is 27.9 Å². The van der Waals surface area contributed by atoms with E-state index in [-0.39, 0.29) is 6.04 Å². The maximum atomic E-state index is 11.2. The van der Waals surface area contributed by atoms with Crippen LogP contribution in [0.25, 0.3) is 5.57 Å². The van der Waals surface area contributed by atoms with Crippen molar-refractivity contribution in [2.24, 2.45) is 0 Å². The molecule has 4 rings (SSSR count). The Morgan fingerprint density at radius 1 is 1.12 bits per heavy atom. The Labute approximate surface area is 147 Å². The highest BCUT2D eigenvalue weighted by Gasteiger charge is 2.34. The van der Waals surface area contributed by atoms with E-state index in [1.165, 1.54) is 11.1 Å². The summed E-state index contributed by atoms with van der Waals surface area (Å²) in [5.41, 5.74) is 3.89. The Morgan fingerprint density at radius 2 is 1.96 bits per heavy atom. The zero-order valence-electron chi connectivity index (χ0n) is 14.0. The zero-order valence-corrected chi connectivity index (χ0v) is 14.0. The van der Waals surface area contributed by atoms with Crippen LogP contribution in [-0.2, 0) is 11.3 Å². The fourth-order valence-electron chi connectivity index (χ4n) is 3.77. The minimum atomic E-state index is -0.882. The van der Waals surface area contributed by atoms with E-state index in [0.717, 1.165) is 25.1 Å². The monoisotopic (exact) mass is 335 g/mol. The van der Waals surface area contributed by atoms with Crippen LogP contribution >= 0.6 is 0 Å². The molecular weight excluding hydrogens is 314 g/mol. The van der Waals surface area contributed by atoms with Crippen molar-refractivity contribution in [3.8, 4) is 0 Å². The summed E-state index contributed by atoms with van der Waals surface area (Å²) in [5, 5.41) is 9.23. The summed E-state index contributed by atoms with van der Waals surface area (Å²) in [6.45, 7) is 2.32. The lowest BCUT2D eigenvalue weighted by atomic mass is 9.89. The number of fused-ring (bicyclic) bond motifs is 2. The molecule has 2 aliphatic heterocycles. The molecule has 2 heterocycles. The summed E-state index contributed by atoms with van der Waals surface area (Å²) in [6.07, 6.45) is 3.13. The van der Waals surface area contributed by atoms with Gasteiger partial charge in [-0.15, -0.1) is 0 Å². The lowest BCUT2D eigenvalue weighted by Crippen LogP contribution is -2.53. The molecule has 4 heteroatoms. The van der Waals surface area contributed by atoms with Gasteiger partial charge in [-0.25, -0.2) is 4.79 Å². The smallest absolute Gasteiger partial charge is 0.335 e. The number of carboxylic acids is 1. The molecule has 2 unspecified atom stereocenters. The number of morpholine rings is 1. The molecule has 0 aromatic heterocycles. The van der Waals surface area contributed by atoms with Gasteiger partial charge in [0.05, 0.1) is 24.8 Å². The molecule has 0 spiro atoms. The first-order valence-corrected chi connectivity index (χ1v) is 8.62. The summed E-state index contributed by atoms with van der Waals surface area (Å²) in [4.78, 5) is 13.7. The molecule has 2 bridgehead atoms. The topological polar surface area (TPSA) is 49.8 Å². The molecule has 0 saturated carbocycles. The van der Waals surface area contributed by atoms with Crippen LogP contribution in [0, 0.1) is 0 Å². The summed E-state index contributed by atoms with van der Waals surface area (Å²) in [7, 11) is 0. The summed E-state index contributed by atoms with van der Waals surface area (Å²) < 4.78 is 5.77. The van der Waals surface area contributed by atoms with E-state index in [9.17, 15) is 9.90 Å². The summed E-state index contributed by atoms with van der Waals surface area (Å²) in [5.74, 6) is -0.882. The van der Waals surface area contributed by atoms with Crippen molar-refractivity contribution in [1.29, 1.82) is 0 Å². The number of benzene rings is 2. The normalized spacial score (nSPS) is 23.1. The van der Waals surface area contributed by atoms with Crippen molar-refractivity contribution < 1.29 is 14.6 Å². The highest BCUT2D eigenvalue weighted by Crippen LogP contribution is 2.33. The molecule has 1 saturated heterocycles. The van der Waals surface area contributed by atoms with E-state index in [1.54, 1.807) is 12.1 Å². The number of ether oxygens (including phenoxy) is 1. The molecule has 2 aliphatic rings. The Bertz CT molecular complexity index is 800. The van der Waals surface area contributed by atoms with Crippen LogP contribution < -0.4 is 0 Å². The first kappa shape index (κ1) is 16.1. The number of aromatic carboxylic acids is 1. The van der Waals surface area contributed by atoms with E-state index in [2.05, 4.69) is 35.2 Å². The summed E-state index contributed by atoms with van der Waals surface area (Å²) in [6, 6.07) is 18.3. The van der Waals surface area contributed by atoms with Crippen molar-refractivity contribution in [2.45, 2.75) is 25.0 Å². The molecule has 2 atom stereocenters. The minimum absolute atomic E-state index is 0.233. The van der Waals surface area contributed by atoms with Gasteiger partial charge >= 0.3 is 5.97 Å². The molecule has 1 N–H and O–H groups in total. The largest absolute Gasteiger partial charge is 0.478 e. The summed E-state index contributed by atoms with van der Waals surface area (Å²) >= 11 is 0. The molecule has 1 fully saturated rings. The third kappa shape index (κ3) is 3.36. The quantitative estimate of drug-likeness (QED) is 0.930. The lowest BCUT2D eigenvalue weighted by molar-refractivity contribution is -0.0402. The standard InChI is InChI=1S/C21H21NO3/c23-21(24)17-8-4-7-16(9-17)18-10-19-13-25-14-20(11-18)22(19)12-15-5-2-1-3-6-15/h1-10,19-20H,11-14H2,(H,23,24). The zero-order chi connectivity index (χ0) is 17.2. The number of carbonyl (C=O) groups is 1. The number of hydrogen-bond donors (Lipinski definition) is 1. The predicted octanol–water partition coefficient (Wildman–Crippen LogP) is 3.44. The van der Waals surface area contributed by atoms with Gasteiger partial charge in [0, 0.05) is 12.6 Å². The molecule has 0 aliphatic carbocycles. The van der Waals surface area contributed by atoms with E-state index in [4.69, 9.17) is 4.74 Å². The number of rotatable bonds is 4.